The van der Waals surface area contributed by atoms with Crippen molar-refractivity contribution in [1.29, 1.82) is 0 Å². The Bertz CT molecular complexity index is 1060. The summed E-state index contributed by atoms with van der Waals surface area (Å²) >= 11 is 0. The molecule has 142 valence electrons. The molecule has 0 aromatic heterocycles. The molecule has 0 saturated heterocycles. The number of ether oxygens (including phenoxy) is 3. The molecule has 2 aromatic rings. The van der Waals surface area contributed by atoms with E-state index in [2.05, 4.69) is 0 Å². The average Bonchev–Trinajstić information content (AvgIpc) is 2.64. The van der Waals surface area contributed by atoms with Crippen molar-refractivity contribution in [2.45, 2.75) is 13.8 Å². The monoisotopic (exact) mass is 382 g/mol. The summed E-state index contributed by atoms with van der Waals surface area (Å²) in [5.41, 5.74) is -0.819. The summed E-state index contributed by atoms with van der Waals surface area (Å²) in [6.45, 7) is 2.27. The molecule has 0 unspecified atom stereocenters. The van der Waals surface area contributed by atoms with Crippen LogP contribution in [-0.2, 0) is 9.59 Å². The normalized spacial score (nSPS) is 12.0. The van der Waals surface area contributed by atoms with E-state index in [-0.39, 0.29) is 45.1 Å². The van der Waals surface area contributed by atoms with Crippen LogP contribution < -0.4 is 14.2 Å². The Kier molecular flexibility index (Phi) is 4.79. The maximum atomic E-state index is 13.3. The first-order valence-corrected chi connectivity index (χ1v) is 8.09. The molecular weight excluding hydrogens is 368 g/mol. The number of hydrogen-bond donors (Lipinski definition) is 0. The Morgan fingerprint density at radius 1 is 0.750 bits per heavy atom. The molecule has 3 rings (SSSR count). The molecule has 0 spiro atoms. The molecule has 28 heavy (non-hydrogen) atoms. The van der Waals surface area contributed by atoms with Crippen molar-refractivity contribution in [1.82, 2.24) is 0 Å². The Hall–Kier alpha value is -3.81. The number of hydrogen-bond acceptors (Lipinski definition) is 8. The number of rotatable bonds is 4. The van der Waals surface area contributed by atoms with E-state index < -0.39 is 23.5 Å². The SMILES string of the molecule is COc1ccc(C=O)c2c1C(=O)c1c(OC(C)=O)ccc(OC(C)=O)c1C2=O. The average molecular weight is 382 g/mol. The summed E-state index contributed by atoms with van der Waals surface area (Å²) in [5, 5.41) is 0. The molecule has 0 heterocycles. The number of carbonyl (C=O) groups is 5. The molecule has 2 aromatic carbocycles. The van der Waals surface area contributed by atoms with E-state index >= 15 is 0 Å². The summed E-state index contributed by atoms with van der Waals surface area (Å²) in [6, 6.07) is 5.24. The van der Waals surface area contributed by atoms with Gasteiger partial charge in [0.15, 0.2) is 12.1 Å². The quantitative estimate of drug-likeness (QED) is 0.383. The third kappa shape index (κ3) is 2.94. The largest absolute Gasteiger partial charge is 0.496 e. The summed E-state index contributed by atoms with van der Waals surface area (Å²) in [6.07, 6.45) is 0.440. The number of esters is 2. The van der Waals surface area contributed by atoms with Crippen LogP contribution in [0.3, 0.4) is 0 Å². The maximum absolute atomic E-state index is 13.3. The maximum Gasteiger partial charge on any atom is 0.308 e. The van der Waals surface area contributed by atoms with Gasteiger partial charge in [0.05, 0.1) is 23.8 Å². The van der Waals surface area contributed by atoms with Gasteiger partial charge in [0, 0.05) is 25.0 Å². The van der Waals surface area contributed by atoms with Gasteiger partial charge in [-0.1, -0.05) is 0 Å². The Balaban J connectivity index is 2.40. The lowest BCUT2D eigenvalue weighted by molar-refractivity contribution is -0.133. The van der Waals surface area contributed by atoms with Gasteiger partial charge in [-0.25, -0.2) is 0 Å². The summed E-state index contributed by atoms with van der Waals surface area (Å²) in [7, 11) is 1.31. The highest BCUT2D eigenvalue weighted by molar-refractivity contribution is 6.32. The van der Waals surface area contributed by atoms with E-state index in [1.807, 2.05) is 0 Å². The van der Waals surface area contributed by atoms with Crippen LogP contribution >= 0.6 is 0 Å². The zero-order chi connectivity index (χ0) is 20.6. The van der Waals surface area contributed by atoms with Crippen LogP contribution in [-0.4, -0.2) is 36.9 Å². The molecule has 1 aliphatic carbocycles. The van der Waals surface area contributed by atoms with Crippen molar-refractivity contribution >= 4 is 29.8 Å². The van der Waals surface area contributed by atoms with Crippen molar-refractivity contribution in [2.24, 2.45) is 0 Å². The predicted octanol–water partition coefficient (Wildman–Crippen LogP) is 2.13. The van der Waals surface area contributed by atoms with Gasteiger partial charge in [-0.05, 0) is 24.3 Å². The molecule has 8 nitrogen and oxygen atoms in total. The minimum absolute atomic E-state index is 0.0218. The van der Waals surface area contributed by atoms with Crippen LogP contribution in [0, 0.1) is 0 Å². The van der Waals surface area contributed by atoms with Crippen LogP contribution in [0.15, 0.2) is 24.3 Å². The zero-order valence-electron chi connectivity index (χ0n) is 15.2. The van der Waals surface area contributed by atoms with Gasteiger partial charge in [-0.15, -0.1) is 0 Å². The molecule has 0 saturated carbocycles. The second-order valence-electron chi connectivity index (χ2n) is 5.88. The van der Waals surface area contributed by atoms with Gasteiger partial charge in [-0.3, -0.25) is 24.0 Å². The second-order valence-corrected chi connectivity index (χ2v) is 5.88. The number of aldehydes is 1. The first kappa shape index (κ1) is 19.0. The van der Waals surface area contributed by atoms with Crippen molar-refractivity contribution in [3.63, 3.8) is 0 Å². The minimum atomic E-state index is -0.726. The Labute approximate surface area is 159 Å². The third-order valence-corrected chi connectivity index (χ3v) is 4.09. The van der Waals surface area contributed by atoms with Gasteiger partial charge >= 0.3 is 11.9 Å². The van der Waals surface area contributed by atoms with Gasteiger partial charge in [-0.2, -0.15) is 0 Å². The van der Waals surface area contributed by atoms with Gasteiger partial charge < -0.3 is 14.2 Å². The summed E-state index contributed by atoms with van der Waals surface area (Å²) in [5.74, 6) is -3.11. The number of methoxy groups -OCH3 is 1. The molecule has 0 radical (unpaired) electrons. The van der Waals surface area contributed by atoms with Crippen molar-refractivity contribution in [3.8, 4) is 17.2 Å². The van der Waals surface area contributed by atoms with E-state index in [0.29, 0.717) is 6.29 Å². The molecule has 0 aliphatic heterocycles. The molecule has 0 atom stereocenters. The molecule has 0 N–H and O–H groups in total. The van der Waals surface area contributed by atoms with Crippen molar-refractivity contribution in [3.05, 3.63) is 52.1 Å². The lowest BCUT2D eigenvalue weighted by atomic mass is 9.80. The molecular formula is C20H14O8. The van der Waals surface area contributed by atoms with Crippen LogP contribution in [0.4, 0.5) is 0 Å². The first-order valence-electron chi connectivity index (χ1n) is 8.09. The fraction of sp³-hybridized carbons (Fsp3) is 0.150. The van der Waals surface area contributed by atoms with E-state index in [4.69, 9.17) is 14.2 Å². The van der Waals surface area contributed by atoms with E-state index in [0.717, 1.165) is 13.8 Å². The smallest absolute Gasteiger partial charge is 0.308 e. The van der Waals surface area contributed by atoms with Crippen LogP contribution in [0.1, 0.15) is 56.0 Å². The zero-order valence-corrected chi connectivity index (χ0v) is 15.2. The second kappa shape index (κ2) is 7.07. The fourth-order valence-corrected chi connectivity index (χ4v) is 3.08. The number of fused-ring (bicyclic) bond motifs is 2. The standard InChI is InChI=1S/C20H14O8/c1-9(22)27-13-6-7-14(28-10(2)23)18-17(13)19(24)15-11(8-21)4-5-12(26-3)16(15)20(18)25/h4-8H,1-3H3. The Morgan fingerprint density at radius 2 is 1.18 bits per heavy atom. The molecule has 0 amide bonds. The van der Waals surface area contributed by atoms with Crippen molar-refractivity contribution in [2.75, 3.05) is 7.11 Å². The van der Waals surface area contributed by atoms with Crippen LogP contribution in [0.2, 0.25) is 0 Å². The molecule has 0 bridgehead atoms. The molecule has 0 fully saturated rings. The topological polar surface area (TPSA) is 113 Å². The lowest BCUT2D eigenvalue weighted by Gasteiger charge is -2.23. The number of carbonyl (C=O) groups excluding carboxylic acids is 5. The lowest BCUT2D eigenvalue weighted by Crippen LogP contribution is -2.26. The summed E-state index contributed by atoms with van der Waals surface area (Å²) in [4.78, 5) is 60.8. The van der Waals surface area contributed by atoms with E-state index in [1.165, 1.54) is 31.4 Å². The fourth-order valence-electron chi connectivity index (χ4n) is 3.08. The molecule has 1 aliphatic rings. The van der Waals surface area contributed by atoms with Gasteiger partial charge in [0.25, 0.3) is 0 Å². The number of ketones is 2. The van der Waals surface area contributed by atoms with Gasteiger partial charge in [0.1, 0.15) is 17.2 Å². The highest BCUT2D eigenvalue weighted by atomic mass is 16.5. The predicted molar refractivity (Wildman–Crippen MR) is 94.3 cm³/mol. The first-order chi connectivity index (χ1) is 13.3. The number of benzene rings is 2. The third-order valence-electron chi connectivity index (χ3n) is 4.09. The van der Waals surface area contributed by atoms with E-state index in [1.54, 1.807) is 0 Å². The Morgan fingerprint density at radius 3 is 1.61 bits per heavy atom. The van der Waals surface area contributed by atoms with E-state index in [9.17, 15) is 24.0 Å². The summed E-state index contributed by atoms with van der Waals surface area (Å²) < 4.78 is 15.3. The highest BCUT2D eigenvalue weighted by Crippen LogP contribution is 2.42. The van der Waals surface area contributed by atoms with Crippen molar-refractivity contribution < 1.29 is 38.2 Å². The van der Waals surface area contributed by atoms with Crippen LogP contribution in [0.5, 0.6) is 17.2 Å². The highest BCUT2D eigenvalue weighted by Gasteiger charge is 2.39. The van der Waals surface area contributed by atoms with Gasteiger partial charge in [0.2, 0.25) is 5.78 Å². The minimum Gasteiger partial charge on any atom is -0.496 e. The van der Waals surface area contributed by atoms with Crippen LogP contribution in [0.25, 0.3) is 0 Å². The molecule has 8 heteroatoms.